The number of pyridine rings is 1. The molecule has 31 heavy (non-hydrogen) atoms. The number of nitrogens with zero attached hydrogens (tertiary/aromatic N) is 3. The van der Waals surface area contributed by atoms with Crippen LogP contribution in [0.5, 0.6) is 0 Å². The van der Waals surface area contributed by atoms with Gasteiger partial charge in [-0.2, -0.15) is 0 Å². The van der Waals surface area contributed by atoms with Crippen LogP contribution in [-0.4, -0.2) is 26.0 Å². The van der Waals surface area contributed by atoms with E-state index < -0.39 is 4.92 Å². The van der Waals surface area contributed by atoms with Gasteiger partial charge in [-0.05, 0) is 61.5 Å². The van der Waals surface area contributed by atoms with Crippen LogP contribution >= 0.6 is 12.2 Å². The number of aromatic nitrogens is 1. The van der Waals surface area contributed by atoms with Gasteiger partial charge < -0.3 is 14.6 Å². The van der Waals surface area contributed by atoms with Gasteiger partial charge in [0.25, 0.3) is 5.69 Å². The van der Waals surface area contributed by atoms with Crippen molar-refractivity contribution in [3.05, 3.63) is 82.4 Å². The van der Waals surface area contributed by atoms with Crippen molar-refractivity contribution >= 4 is 23.0 Å². The second kappa shape index (κ2) is 8.11. The zero-order valence-electron chi connectivity index (χ0n) is 16.8. The molecule has 2 aliphatic rings. The highest BCUT2D eigenvalue weighted by Crippen LogP contribution is 2.44. The molecule has 0 amide bonds. The highest BCUT2D eigenvalue weighted by Gasteiger charge is 2.45. The molecule has 2 fully saturated rings. The number of thiocarbonyl (C=S) groups is 1. The highest BCUT2D eigenvalue weighted by molar-refractivity contribution is 7.80. The zero-order valence-corrected chi connectivity index (χ0v) is 17.6. The molecule has 2 atom stereocenters. The van der Waals surface area contributed by atoms with Gasteiger partial charge in [0, 0.05) is 29.9 Å². The predicted molar refractivity (Wildman–Crippen MR) is 120 cm³/mol. The summed E-state index contributed by atoms with van der Waals surface area (Å²) in [5, 5.41) is 15.2. The van der Waals surface area contributed by atoms with Crippen LogP contribution < -0.4 is 5.32 Å². The van der Waals surface area contributed by atoms with Gasteiger partial charge in [-0.3, -0.25) is 15.1 Å². The predicted octanol–water partition coefficient (Wildman–Crippen LogP) is 5.16. The van der Waals surface area contributed by atoms with E-state index in [1.807, 2.05) is 30.3 Å². The average molecular weight is 435 g/mol. The summed E-state index contributed by atoms with van der Waals surface area (Å²) in [4.78, 5) is 17.4. The number of rotatable bonds is 5. The fraction of sp³-hybridized carbons (Fsp3) is 0.304. The number of nitrogens with one attached hydrogen (secondary N) is 1. The minimum atomic E-state index is -0.403. The van der Waals surface area contributed by atoms with Crippen molar-refractivity contribution in [1.82, 2.24) is 15.2 Å². The molecule has 2 aromatic heterocycles. The second-order valence-electron chi connectivity index (χ2n) is 7.98. The molecule has 1 aliphatic carbocycles. The van der Waals surface area contributed by atoms with E-state index in [0.29, 0.717) is 11.8 Å². The van der Waals surface area contributed by atoms with E-state index in [4.69, 9.17) is 16.6 Å². The van der Waals surface area contributed by atoms with Gasteiger partial charge in [-0.1, -0.05) is 18.9 Å². The topological polar surface area (TPSA) is 84.4 Å². The normalized spacial score (nSPS) is 21.4. The maximum atomic E-state index is 10.9. The van der Waals surface area contributed by atoms with Crippen LogP contribution in [0, 0.1) is 10.1 Å². The summed E-state index contributed by atoms with van der Waals surface area (Å²) in [7, 11) is 0. The molecular weight excluding hydrogens is 412 g/mol. The van der Waals surface area contributed by atoms with Crippen LogP contribution in [0.2, 0.25) is 0 Å². The van der Waals surface area contributed by atoms with E-state index in [0.717, 1.165) is 35.0 Å². The second-order valence-corrected chi connectivity index (χ2v) is 8.36. The van der Waals surface area contributed by atoms with E-state index in [1.54, 1.807) is 18.3 Å². The van der Waals surface area contributed by atoms with E-state index in [-0.39, 0.29) is 17.8 Å². The first-order valence-electron chi connectivity index (χ1n) is 10.5. The van der Waals surface area contributed by atoms with Gasteiger partial charge in [0.2, 0.25) is 0 Å². The lowest BCUT2D eigenvalue weighted by Gasteiger charge is -2.31. The molecule has 0 bridgehead atoms. The monoisotopic (exact) mass is 434 g/mol. The maximum absolute atomic E-state index is 10.9. The average Bonchev–Trinajstić information content (AvgIpc) is 3.54. The van der Waals surface area contributed by atoms with E-state index in [1.165, 1.54) is 25.0 Å². The Hall–Kier alpha value is -3.26. The summed E-state index contributed by atoms with van der Waals surface area (Å²) in [6.45, 7) is 0. The number of hydrogen-bond donors (Lipinski definition) is 1. The Bertz CT molecular complexity index is 1090. The van der Waals surface area contributed by atoms with Crippen molar-refractivity contribution < 1.29 is 9.34 Å². The Balaban J connectivity index is 1.51. The van der Waals surface area contributed by atoms with Crippen LogP contribution in [0.1, 0.15) is 49.2 Å². The lowest BCUT2D eigenvalue weighted by Crippen LogP contribution is -2.37. The van der Waals surface area contributed by atoms with E-state index >= 15 is 0 Å². The third-order valence-corrected chi connectivity index (χ3v) is 6.46. The lowest BCUT2D eigenvalue weighted by molar-refractivity contribution is -0.384. The largest absolute Gasteiger partial charge is 0.459 e. The summed E-state index contributed by atoms with van der Waals surface area (Å²) in [5.74, 6) is 1.48. The molecule has 0 radical (unpaired) electrons. The van der Waals surface area contributed by atoms with Crippen molar-refractivity contribution in [3.8, 4) is 11.3 Å². The lowest BCUT2D eigenvalue weighted by atomic mass is 10.0. The molecule has 3 aromatic rings. The summed E-state index contributed by atoms with van der Waals surface area (Å²) in [6.07, 6.45) is 6.43. The zero-order chi connectivity index (χ0) is 21.4. The quantitative estimate of drug-likeness (QED) is 0.337. The molecular formula is C23H22N4O3S. The van der Waals surface area contributed by atoms with Gasteiger partial charge >= 0.3 is 0 Å². The van der Waals surface area contributed by atoms with Crippen LogP contribution in [-0.2, 0) is 0 Å². The molecule has 8 heteroatoms. The molecule has 158 valence electrons. The molecule has 3 heterocycles. The van der Waals surface area contributed by atoms with Gasteiger partial charge in [-0.25, -0.2) is 0 Å². The van der Waals surface area contributed by atoms with Crippen molar-refractivity contribution in [2.45, 2.75) is 43.8 Å². The smallest absolute Gasteiger partial charge is 0.269 e. The standard InChI is InChI=1S/C23H22N4O3S/c28-27(29)17-10-8-15(9-11-17)19-12-13-20(30-19)22-21(18-7-3-4-14-24-18)25-23(31)26(22)16-5-1-2-6-16/h3-4,7-14,16,21-22H,1-2,5-6H2,(H,25,31)/t21-,22+/m0/s1. The Morgan fingerprint density at radius 3 is 2.55 bits per heavy atom. The molecule has 1 N–H and O–H groups in total. The van der Waals surface area contributed by atoms with E-state index in [9.17, 15) is 10.1 Å². The first-order valence-corrected chi connectivity index (χ1v) is 10.9. The summed E-state index contributed by atoms with van der Waals surface area (Å²) in [6, 6.07) is 16.4. The van der Waals surface area contributed by atoms with Crippen LogP contribution in [0.15, 0.2) is 65.2 Å². The number of hydrogen-bond acceptors (Lipinski definition) is 5. The van der Waals surface area contributed by atoms with Crippen molar-refractivity contribution in [1.29, 1.82) is 0 Å². The number of benzene rings is 1. The molecule has 7 nitrogen and oxygen atoms in total. The van der Waals surface area contributed by atoms with Gasteiger partial charge in [0.15, 0.2) is 5.11 Å². The SMILES string of the molecule is O=[N+]([O-])c1ccc(-c2ccc([C@@H]3[C@H](c4ccccn4)NC(=S)N3C3CCCC3)o2)cc1. The highest BCUT2D eigenvalue weighted by atomic mass is 32.1. The first-order chi connectivity index (χ1) is 15.1. The fourth-order valence-corrected chi connectivity index (χ4v) is 5.05. The third kappa shape index (κ3) is 3.67. The van der Waals surface area contributed by atoms with Gasteiger partial charge in [-0.15, -0.1) is 0 Å². The summed E-state index contributed by atoms with van der Waals surface area (Å²) >= 11 is 5.75. The molecule has 0 spiro atoms. The Labute approximate surface area is 185 Å². The van der Waals surface area contributed by atoms with Crippen molar-refractivity contribution in [2.75, 3.05) is 0 Å². The first kappa shape index (κ1) is 19.7. The van der Waals surface area contributed by atoms with Crippen LogP contribution in [0.25, 0.3) is 11.3 Å². The summed E-state index contributed by atoms with van der Waals surface area (Å²) < 4.78 is 6.30. The number of non-ortho nitro benzene ring substituents is 1. The third-order valence-electron chi connectivity index (χ3n) is 6.13. The molecule has 1 saturated carbocycles. The molecule has 5 rings (SSSR count). The molecule has 0 unspecified atom stereocenters. The maximum Gasteiger partial charge on any atom is 0.269 e. The Kier molecular flexibility index (Phi) is 5.15. The number of furan rings is 1. The van der Waals surface area contributed by atoms with Crippen molar-refractivity contribution in [3.63, 3.8) is 0 Å². The Morgan fingerprint density at radius 1 is 1.10 bits per heavy atom. The minimum Gasteiger partial charge on any atom is -0.459 e. The Morgan fingerprint density at radius 2 is 1.87 bits per heavy atom. The van der Waals surface area contributed by atoms with Crippen LogP contribution in [0.3, 0.4) is 0 Å². The molecule has 1 aliphatic heterocycles. The molecule has 1 aromatic carbocycles. The number of nitro benzene ring substituents is 1. The fourth-order valence-electron chi connectivity index (χ4n) is 4.66. The molecule has 1 saturated heterocycles. The van der Waals surface area contributed by atoms with E-state index in [2.05, 4.69) is 15.2 Å². The van der Waals surface area contributed by atoms with Crippen molar-refractivity contribution in [2.24, 2.45) is 0 Å². The van der Waals surface area contributed by atoms with Gasteiger partial charge in [0.1, 0.15) is 17.6 Å². The number of nitro groups is 1. The summed E-state index contributed by atoms with van der Waals surface area (Å²) in [5.41, 5.74) is 1.78. The van der Waals surface area contributed by atoms with Crippen LogP contribution in [0.4, 0.5) is 5.69 Å². The minimum absolute atomic E-state index is 0.0588. The van der Waals surface area contributed by atoms with Gasteiger partial charge in [0.05, 0.1) is 16.7 Å².